The summed E-state index contributed by atoms with van der Waals surface area (Å²) in [7, 11) is 1.77. The normalized spacial score (nSPS) is 14.6. The summed E-state index contributed by atoms with van der Waals surface area (Å²) in [5, 5.41) is 12.9. The van der Waals surface area contributed by atoms with E-state index in [4.69, 9.17) is 0 Å². The second kappa shape index (κ2) is 12.4. The van der Waals surface area contributed by atoms with Crippen molar-refractivity contribution < 1.29 is 19.2 Å². The Kier molecular flexibility index (Phi) is 9.26. The van der Waals surface area contributed by atoms with Gasteiger partial charge in [-0.05, 0) is 43.4 Å². The quantitative estimate of drug-likeness (QED) is 0.277. The fourth-order valence-corrected chi connectivity index (χ4v) is 4.42. The van der Waals surface area contributed by atoms with E-state index in [1.807, 2.05) is 12.1 Å². The summed E-state index contributed by atoms with van der Waals surface area (Å²) in [6.45, 7) is 2.03. The standard InChI is InChI=1S/C24H33FN6O3/c1-17-28-21(22(25)23(29-17)30(2)12-9-18-7-10-26-11-8-18)14-27-24(33)20(15-31(34)16-32)13-19-5-3-4-6-19/h7-8,10-11,16,19-20,34H,3-6,9,12-15H2,1-2H3,(H,27,33)/t20-/m1/s1. The smallest absolute Gasteiger partial charge is 0.233 e. The van der Waals surface area contributed by atoms with E-state index >= 15 is 4.39 Å². The molecule has 0 saturated heterocycles. The first-order valence-electron chi connectivity index (χ1n) is 11.7. The second-order valence-corrected chi connectivity index (χ2v) is 8.91. The molecule has 0 aromatic carbocycles. The third-order valence-corrected chi connectivity index (χ3v) is 6.28. The van der Waals surface area contributed by atoms with Gasteiger partial charge in [0.1, 0.15) is 11.5 Å². The van der Waals surface area contributed by atoms with E-state index in [2.05, 4.69) is 20.3 Å². The number of carbonyl (C=O) groups is 2. The number of aromatic nitrogens is 3. The number of likely N-dealkylation sites (N-methyl/N-ethyl adjacent to an activating group) is 1. The number of halogens is 1. The minimum Gasteiger partial charge on any atom is -0.357 e. The van der Waals surface area contributed by atoms with Crippen LogP contribution in [0.25, 0.3) is 0 Å². The number of nitrogens with zero attached hydrogens (tertiary/aromatic N) is 5. The van der Waals surface area contributed by atoms with Gasteiger partial charge in [-0.2, -0.15) is 0 Å². The average Bonchev–Trinajstić information content (AvgIpc) is 3.35. The van der Waals surface area contributed by atoms with Crippen LogP contribution in [0.1, 0.15) is 49.2 Å². The molecule has 2 N–H and O–H groups in total. The van der Waals surface area contributed by atoms with E-state index in [1.165, 1.54) is 0 Å². The molecular formula is C24H33FN6O3. The Morgan fingerprint density at radius 3 is 2.68 bits per heavy atom. The van der Waals surface area contributed by atoms with Crippen LogP contribution in [0, 0.1) is 24.6 Å². The Labute approximate surface area is 199 Å². The topological polar surface area (TPSA) is 112 Å². The summed E-state index contributed by atoms with van der Waals surface area (Å²) in [6.07, 6.45) is 9.31. The first-order chi connectivity index (χ1) is 16.4. The van der Waals surface area contributed by atoms with E-state index in [1.54, 1.807) is 31.3 Å². The number of nitrogens with one attached hydrogen (secondary N) is 1. The van der Waals surface area contributed by atoms with Gasteiger partial charge in [-0.3, -0.25) is 19.8 Å². The third kappa shape index (κ3) is 7.18. The van der Waals surface area contributed by atoms with Gasteiger partial charge in [0.2, 0.25) is 12.3 Å². The lowest BCUT2D eigenvalue weighted by Crippen LogP contribution is -2.38. The summed E-state index contributed by atoms with van der Waals surface area (Å²) in [6, 6.07) is 3.83. The zero-order valence-electron chi connectivity index (χ0n) is 19.8. The van der Waals surface area contributed by atoms with Crippen LogP contribution < -0.4 is 10.2 Å². The third-order valence-electron chi connectivity index (χ3n) is 6.28. The number of carbonyl (C=O) groups excluding carboxylic acids is 2. The van der Waals surface area contributed by atoms with E-state index < -0.39 is 11.7 Å². The summed E-state index contributed by atoms with van der Waals surface area (Å²) in [5.41, 5.74) is 1.18. The fourth-order valence-electron chi connectivity index (χ4n) is 4.42. The van der Waals surface area contributed by atoms with Gasteiger partial charge in [0, 0.05) is 26.0 Å². The fraction of sp³-hybridized carbons (Fsp3) is 0.542. The lowest BCUT2D eigenvalue weighted by Gasteiger charge is -2.23. The minimum atomic E-state index is -0.577. The summed E-state index contributed by atoms with van der Waals surface area (Å²) in [5.74, 6) is -0.526. The minimum absolute atomic E-state index is 0.0971. The van der Waals surface area contributed by atoms with Crippen molar-refractivity contribution in [1.82, 2.24) is 25.3 Å². The van der Waals surface area contributed by atoms with Crippen molar-refractivity contribution in [2.24, 2.45) is 11.8 Å². The highest BCUT2D eigenvalue weighted by molar-refractivity contribution is 5.79. The van der Waals surface area contributed by atoms with Crippen molar-refractivity contribution in [2.75, 3.05) is 25.0 Å². The predicted molar refractivity (Wildman–Crippen MR) is 124 cm³/mol. The van der Waals surface area contributed by atoms with Crippen molar-refractivity contribution in [3.63, 3.8) is 0 Å². The van der Waals surface area contributed by atoms with Crippen molar-refractivity contribution in [2.45, 2.75) is 52.0 Å². The van der Waals surface area contributed by atoms with Crippen LogP contribution in [-0.2, 0) is 22.6 Å². The first-order valence-corrected chi connectivity index (χ1v) is 11.7. The number of aryl methyl sites for hydroxylation is 1. The van der Waals surface area contributed by atoms with Crippen LogP contribution in [0.2, 0.25) is 0 Å². The molecule has 1 atom stereocenters. The molecule has 0 bridgehead atoms. The molecule has 1 fully saturated rings. The molecule has 0 spiro atoms. The number of anilines is 1. The molecule has 1 saturated carbocycles. The number of hydrogen-bond acceptors (Lipinski definition) is 7. The highest BCUT2D eigenvalue weighted by atomic mass is 19.1. The largest absolute Gasteiger partial charge is 0.357 e. The van der Waals surface area contributed by atoms with Crippen LogP contribution in [-0.4, -0.2) is 57.7 Å². The summed E-state index contributed by atoms with van der Waals surface area (Å²) in [4.78, 5) is 37.9. The lowest BCUT2D eigenvalue weighted by molar-refractivity contribution is -0.155. The van der Waals surface area contributed by atoms with Crippen molar-refractivity contribution >= 4 is 18.1 Å². The molecule has 0 aliphatic heterocycles. The molecule has 2 heterocycles. The number of hydrogen-bond donors (Lipinski definition) is 2. The van der Waals surface area contributed by atoms with Gasteiger partial charge in [-0.25, -0.2) is 19.4 Å². The molecule has 34 heavy (non-hydrogen) atoms. The zero-order chi connectivity index (χ0) is 24.5. The van der Waals surface area contributed by atoms with Gasteiger partial charge in [0.15, 0.2) is 11.6 Å². The molecular weight excluding hydrogens is 439 g/mol. The number of pyridine rings is 1. The van der Waals surface area contributed by atoms with Crippen LogP contribution >= 0.6 is 0 Å². The van der Waals surface area contributed by atoms with Gasteiger partial charge in [0.25, 0.3) is 0 Å². The van der Waals surface area contributed by atoms with Gasteiger partial charge in [-0.1, -0.05) is 25.7 Å². The van der Waals surface area contributed by atoms with Crippen LogP contribution in [0.5, 0.6) is 0 Å². The predicted octanol–water partition coefficient (Wildman–Crippen LogP) is 2.66. The molecule has 0 unspecified atom stereocenters. The maximum Gasteiger partial charge on any atom is 0.233 e. The number of amides is 2. The number of hydroxylamine groups is 2. The highest BCUT2D eigenvalue weighted by Crippen LogP contribution is 2.30. The van der Waals surface area contributed by atoms with E-state index in [9.17, 15) is 14.8 Å². The van der Waals surface area contributed by atoms with Crippen molar-refractivity contribution in [3.05, 3.63) is 47.4 Å². The molecule has 184 valence electrons. The van der Waals surface area contributed by atoms with Crippen LogP contribution in [0.15, 0.2) is 24.5 Å². The highest BCUT2D eigenvalue weighted by Gasteiger charge is 2.27. The van der Waals surface area contributed by atoms with E-state index in [0.29, 0.717) is 36.2 Å². The average molecular weight is 473 g/mol. The van der Waals surface area contributed by atoms with Gasteiger partial charge in [-0.15, -0.1) is 0 Å². The molecule has 10 heteroatoms. The molecule has 2 aromatic rings. The Hall–Kier alpha value is -3.14. The van der Waals surface area contributed by atoms with E-state index in [0.717, 1.165) is 31.2 Å². The SMILES string of the molecule is Cc1nc(CNC(=O)[C@H](CC2CCCC2)CN(O)C=O)c(F)c(N(C)CCc2ccncc2)n1. The second-order valence-electron chi connectivity index (χ2n) is 8.91. The molecule has 1 aliphatic rings. The van der Waals surface area contributed by atoms with E-state index in [-0.39, 0.29) is 36.9 Å². The molecule has 0 radical (unpaired) electrons. The Morgan fingerprint density at radius 2 is 2.00 bits per heavy atom. The maximum atomic E-state index is 15.3. The summed E-state index contributed by atoms with van der Waals surface area (Å²) < 4.78 is 15.3. The first kappa shape index (κ1) is 25.5. The monoisotopic (exact) mass is 472 g/mol. The molecule has 3 rings (SSSR count). The van der Waals surface area contributed by atoms with Crippen molar-refractivity contribution in [1.29, 1.82) is 0 Å². The van der Waals surface area contributed by atoms with Crippen LogP contribution in [0.3, 0.4) is 0 Å². The van der Waals surface area contributed by atoms with Gasteiger partial charge >= 0.3 is 0 Å². The summed E-state index contributed by atoms with van der Waals surface area (Å²) >= 11 is 0. The Bertz CT molecular complexity index is 955. The zero-order valence-corrected chi connectivity index (χ0v) is 19.8. The molecule has 9 nitrogen and oxygen atoms in total. The number of rotatable bonds is 12. The molecule has 2 amide bonds. The van der Waals surface area contributed by atoms with Crippen LogP contribution in [0.4, 0.5) is 10.2 Å². The van der Waals surface area contributed by atoms with Crippen molar-refractivity contribution in [3.8, 4) is 0 Å². The maximum absolute atomic E-state index is 15.3. The Morgan fingerprint density at radius 1 is 1.29 bits per heavy atom. The lowest BCUT2D eigenvalue weighted by atomic mass is 9.92. The Balaban J connectivity index is 1.65. The molecule has 2 aromatic heterocycles. The van der Waals surface area contributed by atoms with Gasteiger partial charge in [0.05, 0.1) is 19.0 Å². The van der Waals surface area contributed by atoms with Gasteiger partial charge < -0.3 is 10.2 Å². The molecule has 1 aliphatic carbocycles.